The fourth-order valence-corrected chi connectivity index (χ4v) is 16.1. The Hall–Kier alpha value is -13.4. The van der Waals surface area contributed by atoms with Crippen molar-refractivity contribution in [1.29, 1.82) is 2.67 Å². The summed E-state index contributed by atoms with van der Waals surface area (Å²) in [7, 11) is 3.12. The number of carboxylic acid groups (broad SMARTS) is 3. The number of hydrogen-bond acceptors (Lipinski definition) is 22. The number of carbonyl (C=O) groups excluding carboxylic acids is 5. The van der Waals surface area contributed by atoms with E-state index < -0.39 is 83.5 Å². The Kier molecular flexibility index (Phi) is 45.1. The number of fused-ring (bicyclic) bond motifs is 3. The molecule has 7 heterocycles. The normalized spacial score (nSPS) is 13.5. The van der Waals surface area contributed by atoms with E-state index in [-0.39, 0.29) is 142 Å². The second kappa shape index (κ2) is 55.5. The van der Waals surface area contributed by atoms with Gasteiger partial charge in [0.1, 0.15) is 48.3 Å². The Morgan fingerprint density at radius 2 is 0.929 bits per heavy atom. The SMILES string of the molecule is C.C.CCOC(=O)C#CC(F)(F)F.COC(=O)[C@@H]([NH3+])Cc1ccc(N=[N+]=[N-])cc1.COC(=O)[C@H](Cc1ccc(N=[N+]=[N-])cc1)NC(=O)c1ccc2c(c1)nc(-c1ccoc1)n2C1CCCCC1.O=C(N[C@@H](Cc1ccc(-n2nnc(C(F)(F)F)c2C(=O)O)cc1)C(=O)O)c1ccc2c(c1)nc(-c1ccoc1)n2C1CCCCC1.O=C(O)c1ccc2c(c1)nc(-c1ccoc1)n2C1CCCCC1.[3H][B][3H].[Cl-].[Na+].[OH-].[U]. The Morgan fingerprint density at radius 3 is 1.27 bits per heavy atom. The van der Waals surface area contributed by atoms with Gasteiger partial charge in [0.15, 0.2) is 11.7 Å². The molecule has 9 N–H and O–H groups in total. The van der Waals surface area contributed by atoms with Crippen molar-refractivity contribution in [2.75, 3.05) is 20.8 Å². The van der Waals surface area contributed by atoms with Crippen LogP contribution in [0.25, 0.3) is 93.8 Å². The molecule has 2 amide bonds. The van der Waals surface area contributed by atoms with E-state index in [0.717, 1.165) is 125 Å². The monoisotopic (exact) mass is 2210 g/mol. The Morgan fingerprint density at radius 1 is 0.560 bits per heavy atom. The topological polar surface area (TPSA) is 528 Å². The first-order chi connectivity index (χ1) is 65.8. The summed E-state index contributed by atoms with van der Waals surface area (Å²) in [4.78, 5) is 115. The standard InChI is InChI=1S/C31H27F3N6O6.C28H28N6O4.C18H18N2O3.C10H12N4O2.C6H5F3O2.2CH4.BH2.ClH.Na.H2O.U/c32-31(33,34)26-25(30(44)45)40(38-37-26)21-9-6-17(7-10-21)14-23(29(42)43)36-28(41)18-8-11-24-22(15-18)35-27(19-12-13-46-16-19)39(24)20-4-2-1-3-5-20;1-37-28(36)24(15-18-7-10-21(11-8-18)32-33-29)31-27(35)19-9-12-25-23(16-19)30-26(20-13-14-38-17-20)34(25)22-5-3-2-4-6-22;21-18(22)12-6-7-16-15(10-12)19-17(13-8-9-23-11-13)20(16)14-4-2-1-3-5-14;1-16-10(15)9(11)6-7-2-4-8(5-3-7)13-14-12;1-2-11-5(10)3-4-6(7,8)9;;;;;;;/h6-13,15-16,20,23H,1-5,14H2,(H,36,41)(H,42,43)(H,44,45);7-14,16-17,22,24H,2-6,15H2,1H3,(H,31,35);6-11,14H,1-5H2,(H,21,22);2-5,9H,6,11H2,1H3;2H2,1H3;2*1H4;1H2;1H;;1H2;/q;;;;;;;;;+1;;/p-1/t23-;24-;;9-;;;;;;;;/m00.0......../s1/i;;;;;;;1T2;;;;. The predicted octanol–water partition coefficient (Wildman–Crippen LogP) is 12.5. The van der Waals surface area contributed by atoms with E-state index in [1.807, 2.05) is 36.4 Å². The van der Waals surface area contributed by atoms with E-state index in [4.69, 9.17) is 46.7 Å². The number of aromatic carboxylic acids is 2. The van der Waals surface area contributed by atoms with Gasteiger partial charge in [-0.15, -0.1) is 5.10 Å². The first-order valence-electron chi connectivity index (χ1n) is 43.7. The number of halogens is 7. The number of nitrogens with zero attached hydrogens (tertiary/aromatic N) is 15. The summed E-state index contributed by atoms with van der Waals surface area (Å²) in [6.45, 7) is 1.50. The number of carboxylic acids is 3. The van der Waals surface area contributed by atoms with Crippen molar-refractivity contribution in [1.82, 2.24) is 54.3 Å². The third-order valence-electron chi connectivity index (χ3n) is 22.4. The van der Waals surface area contributed by atoms with Crippen molar-refractivity contribution in [3.8, 4) is 51.7 Å². The van der Waals surface area contributed by atoms with E-state index in [1.54, 1.807) is 123 Å². The summed E-state index contributed by atoms with van der Waals surface area (Å²) >= 11 is 0. The van der Waals surface area contributed by atoms with Crippen LogP contribution in [0.1, 0.15) is 200 Å². The van der Waals surface area contributed by atoms with Crippen molar-refractivity contribution < 1.29 is 192 Å². The number of esters is 3. The van der Waals surface area contributed by atoms with E-state index in [0.29, 0.717) is 65.1 Å². The number of ether oxygens (including phenoxy) is 3. The van der Waals surface area contributed by atoms with Crippen LogP contribution < -0.4 is 58.3 Å². The minimum atomic E-state index is -5.03. The van der Waals surface area contributed by atoms with Gasteiger partial charge >= 0.3 is 77.7 Å². The van der Waals surface area contributed by atoms with Gasteiger partial charge in [0.05, 0.1) is 109 Å². The molecular formula is C95H102BClF6N18NaO18U. The molecule has 737 valence electrons. The third kappa shape index (κ3) is 31.3. The summed E-state index contributed by atoms with van der Waals surface area (Å²) in [6, 6.07) is 38.8. The van der Waals surface area contributed by atoms with Gasteiger partial charge < -0.3 is 90.7 Å². The molecule has 0 saturated heterocycles. The molecule has 141 heavy (non-hydrogen) atoms. The maximum Gasteiger partial charge on any atom is 1.00 e. The van der Waals surface area contributed by atoms with Gasteiger partial charge in [0.2, 0.25) is 5.69 Å². The number of aliphatic carboxylic acids is 1. The number of quaternary nitrogens is 1. The van der Waals surface area contributed by atoms with Gasteiger partial charge in [-0.1, -0.05) is 149 Å². The largest absolute Gasteiger partial charge is 1.00 e. The molecule has 1 radical (unpaired) electrons. The van der Waals surface area contributed by atoms with Crippen LogP contribution in [-0.2, 0) is 58.8 Å². The molecule has 3 fully saturated rings. The number of methoxy groups -OCH3 is 2. The first kappa shape index (κ1) is 115. The molecule has 0 spiro atoms. The molecule has 0 aliphatic heterocycles. The minimum absolute atomic E-state index is 0. The summed E-state index contributed by atoms with van der Waals surface area (Å²) in [5, 5.41) is 47.1. The zero-order valence-electron chi connectivity index (χ0n) is 77.4. The van der Waals surface area contributed by atoms with Crippen LogP contribution in [0.5, 0.6) is 0 Å². The number of benzene rings is 6. The fourth-order valence-electron chi connectivity index (χ4n) is 16.1. The van der Waals surface area contributed by atoms with E-state index in [2.05, 4.69) is 69.9 Å². The summed E-state index contributed by atoms with van der Waals surface area (Å²) in [5.74, 6) is -2.68. The average molecular weight is 2210 g/mol. The molecule has 3 aliphatic rings. The van der Waals surface area contributed by atoms with Gasteiger partial charge in [-0.2, -0.15) is 26.3 Å². The summed E-state index contributed by atoms with van der Waals surface area (Å²) in [5.41, 5.74) is 29.2. The maximum atomic E-state index is 13.2. The second-order valence-corrected chi connectivity index (χ2v) is 31.3. The summed E-state index contributed by atoms with van der Waals surface area (Å²) in [6.07, 6.45) is 17.9. The molecule has 0 unspecified atom stereocenters. The zero-order valence-corrected chi connectivity index (χ0v) is 82.3. The molecule has 0 bridgehead atoms. The summed E-state index contributed by atoms with van der Waals surface area (Å²) < 4.78 is 122. The van der Waals surface area contributed by atoms with Crippen LogP contribution in [0.15, 0.2) is 207 Å². The smallest absolute Gasteiger partial charge is 1.00 e. The molecule has 36 nitrogen and oxygen atoms in total. The van der Waals surface area contributed by atoms with Gasteiger partial charge in [0, 0.05) is 113 Å². The number of amides is 2. The van der Waals surface area contributed by atoms with Crippen LogP contribution in [0.3, 0.4) is 0 Å². The molecule has 6 aromatic carbocycles. The molecular weight excluding hydrogens is 2100 g/mol. The van der Waals surface area contributed by atoms with Gasteiger partial charge in [-0.3, -0.25) is 9.59 Å². The maximum absolute atomic E-state index is 13.2. The molecule has 13 aromatic rings. The first-order valence-corrected chi connectivity index (χ1v) is 42.5. The van der Waals surface area contributed by atoms with Crippen molar-refractivity contribution in [2.24, 2.45) is 10.2 Å². The number of hydrogen-bond donors (Lipinski definition) is 6. The van der Waals surface area contributed by atoms with E-state index in [9.17, 15) is 80.0 Å². The van der Waals surface area contributed by atoms with E-state index in [1.165, 1.54) is 96.3 Å². The second-order valence-electron chi connectivity index (χ2n) is 31.3. The predicted molar refractivity (Wildman–Crippen MR) is 496 cm³/mol. The molecule has 3 aliphatic carbocycles. The number of rotatable bonds is 25. The number of aromatic nitrogens is 9. The van der Waals surface area contributed by atoms with Crippen molar-refractivity contribution in [3.05, 3.63) is 249 Å². The van der Waals surface area contributed by atoms with Crippen molar-refractivity contribution in [3.63, 3.8) is 0 Å². The van der Waals surface area contributed by atoms with Gasteiger partial charge in [-0.05, 0) is 161 Å². The van der Waals surface area contributed by atoms with Crippen LogP contribution >= 0.6 is 0 Å². The van der Waals surface area contributed by atoms with Crippen LogP contribution in [0.2, 0.25) is 0 Å². The third-order valence-corrected chi connectivity index (χ3v) is 22.4. The van der Waals surface area contributed by atoms with Crippen molar-refractivity contribution in [2.45, 2.75) is 186 Å². The molecule has 7 aromatic heterocycles. The van der Waals surface area contributed by atoms with Crippen molar-refractivity contribution >= 4 is 100 Å². The number of imidazole rings is 3. The number of carbonyl (C=O) groups is 8. The zero-order chi connectivity index (χ0) is 98.5. The van der Waals surface area contributed by atoms with Crippen LogP contribution in [0, 0.1) is 43.0 Å². The number of furan rings is 3. The molecule has 3 saturated carbocycles. The molecule has 46 heteroatoms. The molecule has 16 rings (SSSR count). The number of nitrogens with one attached hydrogen (secondary N) is 2. The fraction of sp³-hybridized carbons (Fsp3) is 0.337. The van der Waals surface area contributed by atoms with Gasteiger partial charge in [0.25, 0.3) is 11.8 Å². The van der Waals surface area contributed by atoms with Crippen LogP contribution in [-0.4, -0.2) is 168 Å². The Bertz CT molecular complexity index is 6540. The average Bonchev–Trinajstić information content (AvgIpc) is 1.62. The minimum Gasteiger partial charge on any atom is -1.00 e. The Labute approximate surface area is 860 Å². The molecule has 3 atom stereocenters. The van der Waals surface area contributed by atoms with E-state index >= 15 is 0 Å². The Balaban J connectivity index is 0.000000333. The quantitative estimate of drug-likeness (QED) is 0.00356. The van der Waals surface area contributed by atoms with Gasteiger partial charge in [-0.25, -0.2) is 48.4 Å². The number of azide groups is 2. The van der Waals surface area contributed by atoms with Crippen LogP contribution in [0.4, 0.5) is 37.7 Å². The number of alkyl halides is 6.